The molecule has 2 aromatic heterocycles. The van der Waals surface area contributed by atoms with Gasteiger partial charge in [0.25, 0.3) is 0 Å². The van der Waals surface area contributed by atoms with Crippen LogP contribution < -0.4 is 21.2 Å². The fourth-order valence-electron chi connectivity index (χ4n) is 6.24. The van der Waals surface area contributed by atoms with Crippen molar-refractivity contribution in [3.8, 4) is 11.4 Å². The third kappa shape index (κ3) is 6.63. The van der Waals surface area contributed by atoms with Crippen LogP contribution in [0.4, 0.5) is 5.69 Å². The lowest BCUT2D eigenvalue weighted by Gasteiger charge is -2.07. The zero-order valence-corrected chi connectivity index (χ0v) is 28.3. The van der Waals surface area contributed by atoms with Gasteiger partial charge < -0.3 is 18.5 Å². The summed E-state index contributed by atoms with van der Waals surface area (Å²) >= 11 is 0. The average Bonchev–Trinajstić information content (AvgIpc) is 3.64. The molecule has 0 saturated heterocycles. The van der Waals surface area contributed by atoms with Crippen molar-refractivity contribution in [3.63, 3.8) is 0 Å². The number of carbonyl (C=O) groups is 1. The minimum atomic E-state index is -0.404. The molecule has 0 aliphatic carbocycles. The second-order valence-electron chi connectivity index (χ2n) is 12.2. The van der Waals surface area contributed by atoms with E-state index in [0.29, 0.717) is 47.3 Å². The zero-order chi connectivity index (χ0) is 34.5. The van der Waals surface area contributed by atoms with Crippen molar-refractivity contribution in [2.75, 3.05) is 13.7 Å². The Morgan fingerprint density at radius 2 is 1.60 bits per heavy atom. The van der Waals surface area contributed by atoms with E-state index >= 15 is 0 Å². The molecule has 0 unspecified atom stereocenters. The number of nitrogens with zero attached hydrogens (tertiary/aromatic N) is 3. The molecular weight excluding hydrogens is 622 g/mol. The SMILES string of the molecule is C=c1/c(=C\c2ccc3c(c2)c2ccccc2n3-c2ccccc2)o/c(=N\c2ccccc2C(=O)OCCCC)n1CCc1ccc(OC)cc1. The number of methoxy groups -OCH3 is 1. The fraction of sp³-hybridized carbons (Fsp3) is 0.163. The van der Waals surface area contributed by atoms with Gasteiger partial charge in [-0.05, 0) is 84.6 Å². The predicted octanol–water partition coefficient (Wildman–Crippen LogP) is 7.86. The molecule has 7 nitrogen and oxygen atoms in total. The predicted molar refractivity (Wildman–Crippen MR) is 199 cm³/mol. The van der Waals surface area contributed by atoms with E-state index in [1.807, 2.05) is 41.0 Å². The quantitative estimate of drug-likeness (QED) is 0.105. The third-order valence-electron chi connectivity index (χ3n) is 8.91. The van der Waals surface area contributed by atoms with Gasteiger partial charge in [0.2, 0.25) is 0 Å². The Hall–Kier alpha value is -6.08. The lowest BCUT2D eigenvalue weighted by molar-refractivity contribution is 0.0500. The number of carbonyl (C=O) groups excluding carboxylic acids is 1. The summed E-state index contributed by atoms with van der Waals surface area (Å²) in [5.74, 6) is 0.403. The first-order valence-corrected chi connectivity index (χ1v) is 17.0. The van der Waals surface area contributed by atoms with Gasteiger partial charge in [-0.15, -0.1) is 0 Å². The molecule has 50 heavy (non-hydrogen) atoms. The molecule has 0 aliphatic heterocycles. The van der Waals surface area contributed by atoms with Gasteiger partial charge in [0, 0.05) is 23.0 Å². The van der Waals surface area contributed by atoms with Gasteiger partial charge in [-0.25, -0.2) is 4.79 Å². The first kappa shape index (κ1) is 32.5. The molecule has 250 valence electrons. The molecule has 0 N–H and O–H groups in total. The average molecular weight is 662 g/mol. The summed E-state index contributed by atoms with van der Waals surface area (Å²) in [4.78, 5) is 17.9. The van der Waals surface area contributed by atoms with Crippen LogP contribution >= 0.6 is 0 Å². The lowest BCUT2D eigenvalue weighted by Crippen LogP contribution is -2.32. The van der Waals surface area contributed by atoms with Crippen LogP contribution in [0, 0.1) is 0 Å². The maximum atomic E-state index is 13.0. The van der Waals surface area contributed by atoms with Crippen LogP contribution in [0.5, 0.6) is 5.75 Å². The summed E-state index contributed by atoms with van der Waals surface area (Å²) in [5.41, 5.74) is 7.29. The van der Waals surface area contributed by atoms with E-state index in [2.05, 4.69) is 96.9 Å². The fourth-order valence-corrected chi connectivity index (χ4v) is 6.24. The molecule has 0 radical (unpaired) electrons. The summed E-state index contributed by atoms with van der Waals surface area (Å²) in [5, 5.41) is 3.00. The van der Waals surface area contributed by atoms with Crippen LogP contribution in [0.2, 0.25) is 0 Å². The number of aromatic nitrogens is 2. The van der Waals surface area contributed by atoms with Gasteiger partial charge >= 0.3 is 11.7 Å². The summed E-state index contributed by atoms with van der Waals surface area (Å²) in [6, 6.07) is 40.5. The molecule has 7 rings (SSSR count). The van der Waals surface area contributed by atoms with Gasteiger partial charge in [0.05, 0.1) is 41.4 Å². The summed E-state index contributed by atoms with van der Waals surface area (Å²) in [6.45, 7) is 7.43. The number of rotatable bonds is 11. The molecule has 5 aromatic carbocycles. The van der Waals surface area contributed by atoms with Gasteiger partial charge in [-0.3, -0.25) is 4.57 Å². The lowest BCUT2D eigenvalue weighted by atomic mass is 10.1. The Labute approximate surface area is 290 Å². The first-order chi connectivity index (χ1) is 24.5. The maximum absolute atomic E-state index is 13.0. The molecule has 0 saturated carbocycles. The van der Waals surface area contributed by atoms with Crippen molar-refractivity contribution in [3.05, 3.63) is 154 Å². The van der Waals surface area contributed by atoms with Gasteiger partial charge in [0.1, 0.15) is 5.75 Å². The first-order valence-electron chi connectivity index (χ1n) is 17.0. The van der Waals surface area contributed by atoms with Gasteiger partial charge in [-0.1, -0.05) is 86.7 Å². The summed E-state index contributed by atoms with van der Waals surface area (Å²) < 4.78 is 21.6. The highest BCUT2D eigenvalue weighted by atomic mass is 16.5. The van der Waals surface area contributed by atoms with Crippen LogP contribution in [0.1, 0.15) is 41.3 Å². The zero-order valence-electron chi connectivity index (χ0n) is 28.3. The molecule has 0 atom stereocenters. The molecule has 2 heterocycles. The largest absolute Gasteiger partial charge is 0.497 e. The highest BCUT2D eigenvalue weighted by molar-refractivity contribution is 6.09. The van der Waals surface area contributed by atoms with Crippen molar-refractivity contribution in [2.45, 2.75) is 32.7 Å². The molecule has 7 heteroatoms. The summed E-state index contributed by atoms with van der Waals surface area (Å²) in [6.07, 6.45) is 4.46. The number of para-hydroxylation sites is 3. The summed E-state index contributed by atoms with van der Waals surface area (Å²) in [7, 11) is 1.66. The smallest absolute Gasteiger partial charge is 0.340 e. The van der Waals surface area contributed by atoms with Crippen LogP contribution in [0.15, 0.2) is 131 Å². The van der Waals surface area contributed by atoms with E-state index < -0.39 is 5.97 Å². The minimum absolute atomic E-state index is 0.352. The Morgan fingerprint density at radius 1 is 0.860 bits per heavy atom. The Morgan fingerprint density at radius 3 is 2.40 bits per heavy atom. The van der Waals surface area contributed by atoms with E-state index in [1.54, 1.807) is 19.2 Å². The number of oxazole rings is 1. The van der Waals surface area contributed by atoms with Crippen molar-refractivity contribution < 1.29 is 18.7 Å². The Bertz CT molecular complexity index is 2470. The number of ether oxygens (including phenoxy) is 2. The highest BCUT2D eigenvalue weighted by Crippen LogP contribution is 2.32. The van der Waals surface area contributed by atoms with E-state index in [-0.39, 0.29) is 0 Å². The third-order valence-corrected chi connectivity index (χ3v) is 8.91. The van der Waals surface area contributed by atoms with Crippen molar-refractivity contribution in [2.24, 2.45) is 4.99 Å². The molecule has 0 amide bonds. The molecule has 0 aliphatic rings. The molecule has 0 bridgehead atoms. The van der Waals surface area contributed by atoms with Crippen LogP contribution in [-0.4, -0.2) is 28.8 Å². The van der Waals surface area contributed by atoms with Gasteiger partial charge in [-0.2, -0.15) is 4.99 Å². The number of benzene rings is 5. The van der Waals surface area contributed by atoms with Crippen molar-refractivity contribution in [1.82, 2.24) is 9.13 Å². The van der Waals surface area contributed by atoms with E-state index in [1.165, 1.54) is 5.39 Å². The number of esters is 1. The Kier molecular flexibility index (Phi) is 9.47. The van der Waals surface area contributed by atoms with E-state index in [0.717, 1.165) is 51.8 Å². The second-order valence-corrected chi connectivity index (χ2v) is 12.2. The standard InChI is InChI=1S/C43H39N3O4/c1-4-5-27-49-42(47)36-16-9-11-17-38(36)44-43-45(26-25-31-19-22-34(48-3)23-20-31)30(2)41(50-43)29-32-21-24-40-37(28-32)35-15-10-12-18-39(35)46(40)33-13-7-6-8-14-33/h6-24,28-29H,2,4-5,25-27H2,1,3H3/b41-29+,44-43-. The van der Waals surface area contributed by atoms with Crippen molar-refractivity contribution >= 4 is 46.1 Å². The number of unbranched alkanes of at least 4 members (excludes halogenated alkanes) is 1. The maximum Gasteiger partial charge on any atom is 0.340 e. The molecule has 0 fully saturated rings. The molecular formula is C43H39N3O4. The van der Waals surface area contributed by atoms with Crippen LogP contribution in [0.3, 0.4) is 0 Å². The number of fused-ring (bicyclic) bond motifs is 3. The highest BCUT2D eigenvalue weighted by Gasteiger charge is 2.15. The normalized spacial score (nSPS) is 12.2. The second kappa shape index (κ2) is 14.6. The van der Waals surface area contributed by atoms with E-state index in [4.69, 9.17) is 18.9 Å². The number of aryl methyl sites for hydroxylation is 1. The van der Waals surface area contributed by atoms with Crippen molar-refractivity contribution in [1.29, 1.82) is 0 Å². The van der Waals surface area contributed by atoms with Crippen LogP contribution in [-0.2, 0) is 17.7 Å². The van der Waals surface area contributed by atoms with Crippen LogP contribution in [0.25, 0.3) is 40.1 Å². The molecule has 7 aromatic rings. The van der Waals surface area contributed by atoms with Gasteiger partial charge in [0.15, 0.2) is 5.42 Å². The molecule has 0 spiro atoms. The number of hydrogen-bond acceptors (Lipinski definition) is 5. The monoisotopic (exact) mass is 661 g/mol. The number of hydrogen-bond donors (Lipinski definition) is 0. The topological polar surface area (TPSA) is 70.9 Å². The minimum Gasteiger partial charge on any atom is -0.497 e. The van der Waals surface area contributed by atoms with E-state index in [9.17, 15) is 4.79 Å². The Balaban J connectivity index is 1.34.